The van der Waals surface area contributed by atoms with Gasteiger partial charge in [-0.05, 0) is 39.0 Å². The van der Waals surface area contributed by atoms with Crippen molar-refractivity contribution >= 4 is 5.91 Å². The van der Waals surface area contributed by atoms with Crippen molar-refractivity contribution in [3.05, 3.63) is 47.9 Å². The maximum Gasteiger partial charge on any atom is 0.258 e. The first kappa shape index (κ1) is 16.4. The zero-order valence-electron chi connectivity index (χ0n) is 14.3. The van der Waals surface area contributed by atoms with E-state index in [-0.39, 0.29) is 24.2 Å². The Bertz CT molecular complexity index is 706. The normalized spacial score (nSPS) is 16.1. The van der Waals surface area contributed by atoms with Crippen LogP contribution < -0.4 is 14.8 Å². The molecule has 0 saturated carbocycles. The highest BCUT2D eigenvalue weighted by Gasteiger charge is 2.32. The molecule has 128 valence electrons. The zero-order valence-corrected chi connectivity index (χ0v) is 14.3. The van der Waals surface area contributed by atoms with Gasteiger partial charge in [0.1, 0.15) is 11.4 Å². The van der Waals surface area contributed by atoms with Crippen LogP contribution in [-0.2, 0) is 17.6 Å². The van der Waals surface area contributed by atoms with Crippen molar-refractivity contribution in [3.8, 4) is 11.5 Å². The summed E-state index contributed by atoms with van der Waals surface area (Å²) in [4.78, 5) is 12.1. The molecule has 5 heteroatoms. The lowest BCUT2D eigenvalue weighted by molar-refractivity contribution is -0.123. The molecular formula is C19H23NO4. The Morgan fingerprint density at radius 3 is 2.92 bits per heavy atom. The minimum absolute atomic E-state index is 0.0241. The predicted molar refractivity (Wildman–Crippen MR) is 90.4 cm³/mol. The fourth-order valence-corrected chi connectivity index (χ4v) is 2.94. The lowest BCUT2D eigenvalue weighted by Gasteiger charge is -2.18. The van der Waals surface area contributed by atoms with E-state index in [0.717, 1.165) is 23.5 Å². The van der Waals surface area contributed by atoms with Gasteiger partial charge in [-0.1, -0.05) is 12.1 Å². The van der Waals surface area contributed by atoms with Crippen LogP contribution in [0.1, 0.15) is 32.1 Å². The summed E-state index contributed by atoms with van der Waals surface area (Å²) >= 11 is 0. The number of fused-ring (bicyclic) bond motifs is 1. The van der Waals surface area contributed by atoms with E-state index in [2.05, 4.69) is 5.32 Å². The van der Waals surface area contributed by atoms with E-state index in [9.17, 15) is 4.79 Å². The molecule has 24 heavy (non-hydrogen) atoms. The zero-order chi connectivity index (χ0) is 17.2. The summed E-state index contributed by atoms with van der Waals surface area (Å²) in [6.07, 6.45) is 3.12. The second-order valence-electron chi connectivity index (χ2n) is 6.82. The van der Waals surface area contributed by atoms with Crippen molar-refractivity contribution in [1.29, 1.82) is 0 Å². The van der Waals surface area contributed by atoms with E-state index in [1.165, 1.54) is 0 Å². The largest absolute Gasteiger partial charge is 0.483 e. The number of carbonyl (C=O) groups is 1. The van der Waals surface area contributed by atoms with E-state index < -0.39 is 0 Å². The van der Waals surface area contributed by atoms with Gasteiger partial charge in [-0.2, -0.15) is 0 Å². The van der Waals surface area contributed by atoms with Crippen molar-refractivity contribution in [2.75, 3.05) is 6.61 Å². The van der Waals surface area contributed by atoms with Gasteiger partial charge < -0.3 is 19.2 Å². The van der Waals surface area contributed by atoms with Gasteiger partial charge in [-0.15, -0.1) is 0 Å². The molecule has 0 radical (unpaired) electrons. The fourth-order valence-electron chi connectivity index (χ4n) is 2.94. The van der Waals surface area contributed by atoms with Crippen molar-refractivity contribution in [1.82, 2.24) is 5.32 Å². The Kier molecular flexibility index (Phi) is 4.51. The summed E-state index contributed by atoms with van der Waals surface area (Å²) in [5.41, 5.74) is 0.880. The molecular weight excluding hydrogens is 306 g/mol. The average molecular weight is 329 g/mol. The van der Waals surface area contributed by atoms with Crippen LogP contribution in [0.2, 0.25) is 0 Å². The number of hydrogen-bond acceptors (Lipinski definition) is 4. The molecule has 1 aromatic heterocycles. The molecule has 5 nitrogen and oxygen atoms in total. The second-order valence-corrected chi connectivity index (χ2v) is 6.82. The van der Waals surface area contributed by atoms with Gasteiger partial charge in [0.2, 0.25) is 0 Å². The van der Waals surface area contributed by atoms with Gasteiger partial charge >= 0.3 is 0 Å². The third kappa shape index (κ3) is 3.91. The van der Waals surface area contributed by atoms with Gasteiger partial charge in [0.05, 0.1) is 6.26 Å². The van der Waals surface area contributed by atoms with Crippen molar-refractivity contribution in [2.24, 2.45) is 0 Å². The molecule has 0 saturated heterocycles. The topological polar surface area (TPSA) is 60.7 Å². The molecule has 1 aliphatic rings. The highest BCUT2D eigenvalue weighted by atomic mass is 16.5. The third-order valence-electron chi connectivity index (χ3n) is 3.91. The molecule has 0 spiro atoms. The van der Waals surface area contributed by atoms with Crippen molar-refractivity contribution in [2.45, 2.75) is 45.3 Å². The maximum absolute atomic E-state index is 12.1. The van der Waals surface area contributed by atoms with Gasteiger partial charge in [-0.3, -0.25) is 4.79 Å². The Hall–Kier alpha value is -2.43. The molecule has 0 aliphatic carbocycles. The van der Waals surface area contributed by atoms with Crippen LogP contribution in [0.25, 0.3) is 0 Å². The number of nitrogens with one attached hydrogen (secondary N) is 1. The molecule has 1 amide bonds. The highest BCUT2D eigenvalue weighted by Crippen LogP contribution is 2.41. The molecule has 0 fully saturated rings. The molecule has 0 bridgehead atoms. The van der Waals surface area contributed by atoms with Crippen LogP contribution in [0.15, 0.2) is 41.0 Å². The minimum Gasteiger partial charge on any atom is -0.483 e. The average Bonchev–Trinajstić information content (AvgIpc) is 3.10. The standard InChI is InChI=1S/C19H23NO4/c1-13(10-15-7-5-9-22-15)20-17(21)12-23-16-8-4-6-14-11-19(2,3)24-18(14)16/h4-9,13H,10-12H2,1-3H3,(H,20,21)/t13-/m1/s1. The number of furan rings is 1. The third-order valence-corrected chi connectivity index (χ3v) is 3.91. The van der Waals surface area contributed by atoms with Gasteiger partial charge in [-0.25, -0.2) is 0 Å². The summed E-state index contributed by atoms with van der Waals surface area (Å²) in [6, 6.07) is 9.50. The SMILES string of the molecule is C[C@H](Cc1ccco1)NC(=O)COc1cccc2c1OC(C)(C)C2. The summed E-state index contributed by atoms with van der Waals surface area (Å²) in [6.45, 7) is 5.98. The lowest BCUT2D eigenvalue weighted by Crippen LogP contribution is -2.37. The first-order valence-corrected chi connectivity index (χ1v) is 8.18. The van der Waals surface area contributed by atoms with Crippen LogP contribution in [0.3, 0.4) is 0 Å². The Morgan fingerprint density at radius 2 is 2.17 bits per heavy atom. The lowest BCUT2D eigenvalue weighted by atomic mass is 10.0. The summed E-state index contributed by atoms with van der Waals surface area (Å²) < 4.78 is 16.9. The molecule has 1 aromatic carbocycles. The molecule has 2 aromatic rings. The quantitative estimate of drug-likeness (QED) is 0.884. The Balaban J connectivity index is 1.53. The second kappa shape index (κ2) is 6.59. The molecule has 0 unspecified atom stereocenters. The van der Waals surface area contributed by atoms with Gasteiger partial charge in [0.15, 0.2) is 18.1 Å². The maximum atomic E-state index is 12.1. The number of ether oxygens (including phenoxy) is 2. The van der Waals surface area contributed by atoms with Crippen LogP contribution in [0.5, 0.6) is 11.5 Å². The van der Waals surface area contributed by atoms with Gasteiger partial charge in [0, 0.05) is 24.4 Å². The van der Waals surface area contributed by atoms with Crippen LogP contribution in [-0.4, -0.2) is 24.2 Å². The Labute approximate surface area is 141 Å². The monoisotopic (exact) mass is 329 g/mol. The predicted octanol–water partition coefficient (Wildman–Crippen LogP) is 3.12. The number of carbonyl (C=O) groups excluding carboxylic acids is 1. The van der Waals surface area contributed by atoms with E-state index in [1.54, 1.807) is 6.26 Å². The molecule has 1 aliphatic heterocycles. The van der Waals surface area contributed by atoms with Crippen molar-refractivity contribution < 1.29 is 18.7 Å². The molecule has 1 N–H and O–H groups in total. The van der Waals surface area contributed by atoms with E-state index >= 15 is 0 Å². The van der Waals surface area contributed by atoms with Gasteiger partial charge in [0.25, 0.3) is 5.91 Å². The number of amides is 1. The van der Waals surface area contributed by atoms with Crippen LogP contribution >= 0.6 is 0 Å². The first-order valence-electron chi connectivity index (χ1n) is 8.18. The number of benzene rings is 1. The van der Waals surface area contributed by atoms with Crippen molar-refractivity contribution in [3.63, 3.8) is 0 Å². The highest BCUT2D eigenvalue weighted by molar-refractivity contribution is 5.78. The number of rotatable bonds is 6. The van der Waals surface area contributed by atoms with Crippen LogP contribution in [0.4, 0.5) is 0 Å². The van der Waals surface area contributed by atoms with Crippen LogP contribution in [0, 0.1) is 0 Å². The summed E-state index contributed by atoms with van der Waals surface area (Å²) in [5, 5.41) is 2.91. The van der Waals surface area contributed by atoms with E-state index in [4.69, 9.17) is 13.9 Å². The summed E-state index contributed by atoms with van der Waals surface area (Å²) in [7, 11) is 0. The summed E-state index contributed by atoms with van der Waals surface area (Å²) in [5.74, 6) is 2.05. The molecule has 1 atom stereocenters. The van der Waals surface area contributed by atoms with E-state index in [1.807, 2.05) is 51.1 Å². The smallest absolute Gasteiger partial charge is 0.258 e. The Morgan fingerprint density at radius 1 is 1.33 bits per heavy atom. The molecule has 2 heterocycles. The number of para-hydroxylation sites is 1. The number of hydrogen-bond donors (Lipinski definition) is 1. The molecule has 3 rings (SSSR count). The fraction of sp³-hybridized carbons (Fsp3) is 0.421. The van der Waals surface area contributed by atoms with E-state index in [0.29, 0.717) is 12.2 Å². The minimum atomic E-state index is -0.235. The first-order chi connectivity index (χ1) is 11.4.